The molecule has 0 heterocycles. The molecule has 4 heteroatoms. The second-order valence-electron chi connectivity index (χ2n) is 2.13. The van der Waals surface area contributed by atoms with E-state index in [1.807, 2.05) is 24.3 Å². The van der Waals surface area contributed by atoms with Crippen LogP contribution in [0.5, 0.6) is 0 Å². The fourth-order valence-electron chi connectivity index (χ4n) is 0.698. The Kier molecular flexibility index (Phi) is 2.44. The highest BCUT2D eigenvalue weighted by Crippen LogP contribution is 2.08. The van der Waals surface area contributed by atoms with Gasteiger partial charge in [0, 0.05) is 0 Å². The van der Waals surface area contributed by atoms with Crippen LogP contribution in [0.1, 0.15) is 0 Å². The van der Waals surface area contributed by atoms with Crippen LogP contribution in [0.2, 0.25) is 0 Å². The van der Waals surface area contributed by atoms with Crippen molar-refractivity contribution < 1.29 is 0 Å². The SMILES string of the molecule is NC(N)=Nc1ccc(P)cc1. The lowest BCUT2D eigenvalue weighted by atomic mass is 10.3. The molecule has 0 saturated heterocycles. The quantitative estimate of drug-likeness (QED) is 0.353. The average molecular weight is 167 g/mol. The van der Waals surface area contributed by atoms with Gasteiger partial charge in [-0.1, -0.05) is 12.1 Å². The average Bonchev–Trinajstić information content (AvgIpc) is 1.93. The van der Waals surface area contributed by atoms with Gasteiger partial charge in [0.15, 0.2) is 5.96 Å². The molecule has 0 aromatic heterocycles. The zero-order valence-electron chi connectivity index (χ0n) is 5.99. The third kappa shape index (κ3) is 2.56. The topological polar surface area (TPSA) is 64.4 Å². The summed E-state index contributed by atoms with van der Waals surface area (Å²) in [5.74, 6) is 0.0847. The molecule has 0 aliphatic heterocycles. The zero-order valence-corrected chi connectivity index (χ0v) is 7.14. The fourth-order valence-corrected chi connectivity index (χ4v) is 0.890. The first kappa shape index (κ1) is 8.02. The van der Waals surface area contributed by atoms with Crippen LogP contribution in [-0.2, 0) is 0 Å². The predicted octanol–water partition coefficient (Wildman–Crippen LogP) is 0.0919. The lowest BCUT2D eigenvalue weighted by Gasteiger charge is -1.94. The molecule has 1 aromatic carbocycles. The number of guanidine groups is 1. The lowest BCUT2D eigenvalue weighted by molar-refractivity contribution is 1.43. The molecule has 11 heavy (non-hydrogen) atoms. The summed E-state index contributed by atoms with van der Waals surface area (Å²) in [7, 11) is 2.59. The second-order valence-corrected chi connectivity index (χ2v) is 2.79. The first-order valence-electron chi connectivity index (χ1n) is 3.13. The van der Waals surface area contributed by atoms with E-state index in [0.717, 1.165) is 11.0 Å². The molecular weight excluding hydrogens is 157 g/mol. The minimum atomic E-state index is 0.0847. The lowest BCUT2D eigenvalue weighted by Crippen LogP contribution is -2.21. The van der Waals surface area contributed by atoms with Crippen molar-refractivity contribution in [1.29, 1.82) is 0 Å². The number of hydrogen-bond acceptors (Lipinski definition) is 1. The Morgan fingerprint density at radius 1 is 1.18 bits per heavy atom. The van der Waals surface area contributed by atoms with Crippen molar-refractivity contribution in [3.63, 3.8) is 0 Å². The van der Waals surface area contributed by atoms with E-state index in [2.05, 4.69) is 14.2 Å². The van der Waals surface area contributed by atoms with Crippen LogP contribution in [0.15, 0.2) is 29.3 Å². The Morgan fingerprint density at radius 2 is 1.73 bits per heavy atom. The summed E-state index contributed by atoms with van der Waals surface area (Å²) in [6.07, 6.45) is 0. The maximum absolute atomic E-state index is 5.19. The minimum Gasteiger partial charge on any atom is -0.370 e. The van der Waals surface area contributed by atoms with Gasteiger partial charge in [-0.15, -0.1) is 9.24 Å². The van der Waals surface area contributed by atoms with Gasteiger partial charge in [0.2, 0.25) is 0 Å². The molecular formula is C7H10N3P. The summed E-state index contributed by atoms with van der Waals surface area (Å²) >= 11 is 0. The van der Waals surface area contributed by atoms with Crippen molar-refractivity contribution in [3.8, 4) is 0 Å². The Balaban J connectivity index is 2.91. The van der Waals surface area contributed by atoms with Crippen LogP contribution < -0.4 is 16.8 Å². The highest BCUT2D eigenvalue weighted by Gasteiger charge is 1.87. The molecule has 0 saturated carbocycles. The Hall–Kier alpha value is -1.08. The van der Waals surface area contributed by atoms with E-state index in [0.29, 0.717) is 0 Å². The van der Waals surface area contributed by atoms with Crippen molar-refractivity contribution in [1.82, 2.24) is 0 Å². The van der Waals surface area contributed by atoms with Gasteiger partial charge in [-0.3, -0.25) is 0 Å². The summed E-state index contributed by atoms with van der Waals surface area (Å²) in [6, 6.07) is 7.54. The van der Waals surface area contributed by atoms with E-state index in [9.17, 15) is 0 Å². The van der Waals surface area contributed by atoms with E-state index in [1.165, 1.54) is 0 Å². The van der Waals surface area contributed by atoms with Gasteiger partial charge < -0.3 is 11.5 Å². The summed E-state index contributed by atoms with van der Waals surface area (Å²) in [5, 5.41) is 1.11. The first-order valence-corrected chi connectivity index (χ1v) is 3.71. The monoisotopic (exact) mass is 167 g/mol. The van der Waals surface area contributed by atoms with E-state index in [-0.39, 0.29) is 5.96 Å². The van der Waals surface area contributed by atoms with Crippen LogP contribution in [0.4, 0.5) is 5.69 Å². The van der Waals surface area contributed by atoms with Crippen molar-refractivity contribution in [2.45, 2.75) is 0 Å². The number of rotatable bonds is 1. The molecule has 3 nitrogen and oxygen atoms in total. The predicted molar refractivity (Wildman–Crippen MR) is 51.3 cm³/mol. The molecule has 0 aliphatic rings. The number of hydrogen-bond donors (Lipinski definition) is 2. The van der Waals surface area contributed by atoms with Crippen LogP contribution in [-0.4, -0.2) is 5.96 Å². The number of nitrogens with two attached hydrogens (primary N) is 2. The molecule has 0 amide bonds. The van der Waals surface area contributed by atoms with Gasteiger partial charge in [-0.2, -0.15) is 0 Å². The molecule has 4 N–H and O–H groups in total. The van der Waals surface area contributed by atoms with Crippen LogP contribution in [0.3, 0.4) is 0 Å². The number of nitrogens with zero attached hydrogens (tertiary/aromatic N) is 1. The third-order valence-corrected chi connectivity index (χ3v) is 1.54. The van der Waals surface area contributed by atoms with Crippen LogP contribution in [0.25, 0.3) is 0 Å². The molecule has 1 aromatic rings. The van der Waals surface area contributed by atoms with Crippen LogP contribution >= 0.6 is 9.24 Å². The van der Waals surface area contributed by atoms with Gasteiger partial charge in [-0.05, 0) is 17.4 Å². The van der Waals surface area contributed by atoms with Crippen molar-refractivity contribution in [2.75, 3.05) is 0 Å². The highest BCUT2D eigenvalue weighted by atomic mass is 31.0. The maximum Gasteiger partial charge on any atom is 0.191 e. The molecule has 0 bridgehead atoms. The molecule has 0 spiro atoms. The minimum absolute atomic E-state index is 0.0847. The van der Waals surface area contributed by atoms with E-state index in [4.69, 9.17) is 11.5 Å². The van der Waals surface area contributed by atoms with E-state index >= 15 is 0 Å². The maximum atomic E-state index is 5.19. The van der Waals surface area contributed by atoms with Gasteiger partial charge in [0.25, 0.3) is 0 Å². The van der Waals surface area contributed by atoms with Crippen molar-refractivity contribution in [2.24, 2.45) is 16.5 Å². The molecule has 0 fully saturated rings. The molecule has 1 atom stereocenters. The van der Waals surface area contributed by atoms with Crippen molar-refractivity contribution >= 4 is 26.2 Å². The Labute approximate surface area is 67.7 Å². The van der Waals surface area contributed by atoms with E-state index in [1.54, 1.807) is 0 Å². The van der Waals surface area contributed by atoms with Gasteiger partial charge >= 0.3 is 0 Å². The highest BCUT2D eigenvalue weighted by molar-refractivity contribution is 7.27. The number of aliphatic imine (C=N–C) groups is 1. The molecule has 58 valence electrons. The van der Waals surface area contributed by atoms with Gasteiger partial charge in [0.1, 0.15) is 0 Å². The summed E-state index contributed by atoms with van der Waals surface area (Å²) in [6.45, 7) is 0. The van der Waals surface area contributed by atoms with Crippen molar-refractivity contribution in [3.05, 3.63) is 24.3 Å². The third-order valence-electron chi connectivity index (χ3n) is 1.15. The van der Waals surface area contributed by atoms with Crippen LogP contribution in [0, 0.1) is 0 Å². The smallest absolute Gasteiger partial charge is 0.191 e. The summed E-state index contributed by atoms with van der Waals surface area (Å²) in [5.41, 5.74) is 11.1. The fraction of sp³-hybridized carbons (Fsp3) is 0. The summed E-state index contributed by atoms with van der Waals surface area (Å²) < 4.78 is 0. The summed E-state index contributed by atoms with van der Waals surface area (Å²) in [4.78, 5) is 3.86. The second kappa shape index (κ2) is 3.35. The van der Waals surface area contributed by atoms with Gasteiger partial charge in [0.05, 0.1) is 5.69 Å². The largest absolute Gasteiger partial charge is 0.370 e. The molecule has 1 unspecified atom stereocenters. The molecule has 0 aliphatic carbocycles. The molecule has 0 radical (unpaired) electrons. The number of benzene rings is 1. The zero-order chi connectivity index (χ0) is 8.27. The normalized spacial score (nSPS) is 9.18. The Bertz CT molecular complexity index is 262. The standard InChI is InChI=1S/C7H10N3P/c8-7(9)10-5-1-3-6(11)4-2-5/h1-4H,11H2,(H4,8,9,10). The Morgan fingerprint density at radius 3 is 2.18 bits per heavy atom. The van der Waals surface area contributed by atoms with Gasteiger partial charge in [-0.25, -0.2) is 4.99 Å². The molecule has 1 rings (SSSR count). The van der Waals surface area contributed by atoms with E-state index < -0.39 is 0 Å². The first-order chi connectivity index (χ1) is 5.18.